The van der Waals surface area contributed by atoms with E-state index < -0.39 is 0 Å². The molecule has 1 aliphatic rings. The van der Waals surface area contributed by atoms with Crippen molar-refractivity contribution in [2.75, 3.05) is 36.4 Å². The number of carbonyl (C=O) groups excluding carboxylic acids is 1. The molecule has 4 rings (SSSR count). The standard InChI is InChI=1S/C24H24ClN3O/c25-21-10-6-19(7-11-21)18-26-22-12-8-20(9-13-22)24(29)28-16-14-27(15-17-28)23-4-2-1-3-5-23/h1-13,26H,14-18H2. The van der Waals surface area contributed by atoms with Crippen molar-refractivity contribution < 1.29 is 4.79 Å². The highest BCUT2D eigenvalue weighted by Crippen LogP contribution is 2.18. The van der Waals surface area contributed by atoms with E-state index in [1.165, 1.54) is 5.69 Å². The molecule has 1 fully saturated rings. The number of hydrogen-bond donors (Lipinski definition) is 1. The molecule has 3 aromatic carbocycles. The molecular weight excluding hydrogens is 382 g/mol. The average molecular weight is 406 g/mol. The first-order valence-corrected chi connectivity index (χ1v) is 10.2. The molecule has 0 bridgehead atoms. The number of hydrogen-bond acceptors (Lipinski definition) is 3. The topological polar surface area (TPSA) is 35.6 Å². The van der Waals surface area contributed by atoms with Crippen molar-refractivity contribution in [3.8, 4) is 0 Å². The van der Waals surface area contributed by atoms with Gasteiger partial charge in [0.1, 0.15) is 0 Å². The van der Waals surface area contributed by atoms with Crippen LogP contribution in [-0.4, -0.2) is 37.0 Å². The van der Waals surface area contributed by atoms with Crippen LogP contribution in [0.4, 0.5) is 11.4 Å². The molecule has 0 aliphatic carbocycles. The summed E-state index contributed by atoms with van der Waals surface area (Å²) in [6, 6.07) is 25.9. The van der Waals surface area contributed by atoms with E-state index in [-0.39, 0.29) is 5.91 Å². The first kappa shape index (κ1) is 19.3. The van der Waals surface area contributed by atoms with Crippen LogP contribution in [0.1, 0.15) is 15.9 Å². The molecule has 1 saturated heterocycles. The fourth-order valence-electron chi connectivity index (χ4n) is 3.53. The fraction of sp³-hybridized carbons (Fsp3) is 0.208. The van der Waals surface area contributed by atoms with Gasteiger partial charge in [-0.15, -0.1) is 0 Å². The first-order valence-electron chi connectivity index (χ1n) is 9.87. The van der Waals surface area contributed by atoms with Gasteiger partial charge in [-0.25, -0.2) is 0 Å². The molecule has 1 N–H and O–H groups in total. The SMILES string of the molecule is O=C(c1ccc(NCc2ccc(Cl)cc2)cc1)N1CCN(c2ccccc2)CC1. The predicted octanol–water partition coefficient (Wildman–Crippen LogP) is 4.91. The minimum atomic E-state index is 0.0990. The third kappa shape index (κ3) is 4.90. The van der Waals surface area contributed by atoms with Crippen molar-refractivity contribution in [3.05, 3.63) is 95.0 Å². The van der Waals surface area contributed by atoms with Gasteiger partial charge in [0, 0.05) is 54.7 Å². The van der Waals surface area contributed by atoms with Gasteiger partial charge in [-0.05, 0) is 54.1 Å². The average Bonchev–Trinajstić information content (AvgIpc) is 2.79. The lowest BCUT2D eigenvalue weighted by atomic mass is 10.1. The molecule has 0 aromatic heterocycles. The summed E-state index contributed by atoms with van der Waals surface area (Å²) in [5, 5.41) is 4.11. The number of para-hydroxylation sites is 1. The summed E-state index contributed by atoms with van der Waals surface area (Å²) in [4.78, 5) is 17.1. The Morgan fingerprint density at radius 2 is 1.48 bits per heavy atom. The Morgan fingerprint density at radius 1 is 0.828 bits per heavy atom. The number of amides is 1. The first-order chi connectivity index (χ1) is 14.2. The van der Waals surface area contributed by atoms with E-state index in [9.17, 15) is 4.79 Å². The summed E-state index contributed by atoms with van der Waals surface area (Å²) in [5.41, 5.74) is 4.10. The van der Waals surface area contributed by atoms with E-state index >= 15 is 0 Å². The maximum absolute atomic E-state index is 12.8. The maximum atomic E-state index is 12.8. The van der Waals surface area contributed by atoms with Gasteiger partial charge < -0.3 is 15.1 Å². The Morgan fingerprint density at radius 3 is 2.14 bits per heavy atom. The van der Waals surface area contributed by atoms with Gasteiger partial charge in [-0.2, -0.15) is 0 Å². The number of anilines is 2. The summed E-state index contributed by atoms with van der Waals surface area (Å²) >= 11 is 5.92. The molecule has 0 spiro atoms. The van der Waals surface area contributed by atoms with Gasteiger partial charge in [-0.3, -0.25) is 4.79 Å². The van der Waals surface area contributed by atoms with Crippen molar-refractivity contribution in [1.29, 1.82) is 0 Å². The number of nitrogens with zero attached hydrogens (tertiary/aromatic N) is 2. The Bertz CT molecular complexity index is 934. The quantitative estimate of drug-likeness (QED) is 0.654. The summed E-state index contributed by atoms with van der Waals surface area (Å²) in [6.07, 6.45) is 0. The number of piperazine rings is 1. The number of rotatable bonds is 5. The number of halogens is 1. The lowest BCUT2D eigenvalue weighted by Crippen LogP contribution is -2.48. The Hall–Kier alpha value is -2.98. The second-order valence-corrected chi connectivity index (χ2v) is 7.61. The number of carbonyl (C=O) groups is 1. The van der Waals surface area contributed by atoms with Crippen LogP contribution < -0.4 is 10.2 Å². The Balaban J connectivity index is 1.31. The lowest BCUT2D eigenvalue weighted by molar-refractivity contribution is 0.0747. The van der Waals surface area contributed by atoms with Gasteiger partial charge in [0.2, 0.25) is 0 Å². The van der Waals surface area contributed by atoms with Crippen LogP contribution >= 0.6 is 11.6 Å². The van der Waals surface area contributed by atoms with E-state index in [0.29, 0.717) is 6.54 Å². The van der Waals surface area contributed by atoms with Crippen LogP contribution in [-0.2, 0) is 6.54 Å². The summed E-state index contributed by atoms with van der Waals surface area (Å²) in [7, 11) is 0. The van der Waals surface area contributed by atoms with E-state index in [1.807, 2.05) is 59.5 Å². The summed E-state index contributed by atoms with van der Waals surface area (Å²) in [6.45, 7) is 3.91. The van der Waals surface area contributed by atoms with Gasteiger partial charge in [0.15, 0.2) is 0 Å². The molecule has 3 aromatic rings. The van der Waals surface area contributed by atoms with Crippen molar-refractivity contribution in [3.63, 3.8) is 0 Å². The fourth-order valence-corrected chi connectivity index (χ4v) is 3.65. The third-order valence-electron chi connectivity index (χ3n) is 5.23. The van der Waals surface area contributed by atoms with E-state index in [1.54, 1.807) is 0 Å². The van der Waals surface area contributed by atoms with E-state index in [0.717, 1.165) is 48.0 Å². The molecule has 148 valence electrons. The summed E-state index contributed by atoms with van der Waals surface area (Å²) < 4.78 is 0. The largest absolute Gasteiger partial charge is 0.381 e. The molecule has 0 unspecified atom stereocenters. The molecule has 0 saturated carbocycles. The highest BCUT2D eigenvalue weighted by Gasteiger charge is 2.22. The molecule has 1 amide bonds. The van der Waals surface area contributed by atoms with Crippen LogP contribution in [0.2, 0.25) is 5.02 Å². The Kier molecular flexibility index (Phi) is 6.01. The van der Waals surface area contributed by atoms with Crippen LogP contribution in [0.3, 0.4) is 0 Å². The van der Waals surface area contributed by atoms with Crippen LogP contribution in [0.5, 0.6) is 0 Å². The molecule has 29 heavy (non-hydrogen) atoms. The van der Waals surface area contributed by atoms with Crippen LogP contribution in [0.25, 0.3) is 0 Å². The van der Waals surface area contributed by atoms with Gasteiger partial charge >= 0.3 is 0 Å². The number of benzene rings is 3. The smallest absolute Gasteiger partial charge is 0.253 e. The monoisotopic (exact) mass is 405 g/mol. The van der Waals surface area contributed by atoms with Gasteiger partial charge in [0.05, 0.1) is 0 Å². The van der Waals surface area contributed by atoms with Crippen LogP contribution in [0, 0.1) is 0 Å². The second-order valence-electron chi connectivity index (χ2n) is 7.17. The molecule has 1 aliphatic heterocycles. The summed E-state index contributed by atoms with van der Waals surface area (Å²) in [5.74, 6) is 0.0990. The minimum absolute atomic E-state index is 0.0990. The van der Waals surface area contributed by atoms with Crippen molar-refractivity contribution in [1.82, 2.24) is 4.90 Å². The normalized spacial score (nSPS) is 14.0. The van der Waals surface area contributed by atoms with Crippen molar-refractivity contribution >= 4 is 28.9 Å². The van der Waals surface area contributed by atoms with Crippen molar-refractivity contribution in [2.24, 2.45) is 0 Å². The van der Waals surface area contributed by atoms with Gasteiger partial charge in [-0.1, -0.05) is 41.9 Å². The maximum Gasteiger partial charge on any atom is 0.253 e. The number of nitrogens with one attached hydrogen (secondary N) is 1. The predicted molar refractivity (Wildman–Crippen MR) is 120 cm³/mol. The zero-order valence-electron chi connectivity index (χ0n) is 16.2. The minimum Gasteiger partial charge on any atom is -0.381 e. The molecule has 4 nitrogen and oxygen atoms in total. The Labute approximate surface area is 176 Å². The zero-order chi connectivity index (χ0) is 20.1. The van der Waals surface area contributed by atoms with Gasteiger partial charge in [0.25, 0.3) is 5.91 Å². The van der Waals surface area contributed by atoms with E-state index in [2.05, 4.69) is 34.5 Å². The highest BCUT2D eigenvalue weighted by molar-refractivity contribution is 6.30. The second kappa shape index (κ2) is 9.01. The zero-order valence-corrected chi connectivity index (χ0v) is 17.0. The lowest BCUT2D eigenvalue weighted by Gasteiger charge is -2.36. The molecule has 0 atom stereocenters. The van der Waals surface area contributed by atoms with E-state index in [4.69, 9.17) is 11.6 Å². The third-order valence-corrected chi connectivity index (χ3v) is 5.48. The molecular formula is C24H24ClN3O. The molecule has 1 heterocycles. The van der Waals surface area contributed by atoms with Crippen LogP contribution in [0.15, 0.2) is 78.9 Å². The molecule has 0 radical (unpaired) electrons. The molecule has 5 heteroatoms. The highest BCUT2D eigenvalue weighted by atomic mass is 35.5. The van der Waals surface area contributed by atoms with Crippen molar-refractivity contribution in [2.45, 2.75) is 6.54 Å².